The molecule has 2 bridgehead atoms. The van der Waals surface area contributed by atoms with Crippen LogP contribution in [0.2, 0.25) is 0 Å². The van der Waals surface area contributed by atoms with Crippen molar-refractivity contribution < 1.29 is 14.5 Å². The van der Waals surface area contributed by atoms with E-state index in [2.05, 4.69) is 11.6 Å². The van der Waals surface area contributed by atoms with Gasteiger partial charge < -0.3 is 19.7 Å². The molecule has 5 rings (SSSR count). The van der Waals surface area contributed by atoms with E-state index in [0.717, 1.165) is 35.1 Å². The number of benzene rings is 1. The minimum absolute atomic E-state index is 0.268. The van der Waals surface area contributed by atoms with Crippen LogP contribution in [-0.2, 0) is 0 Å². The van der Waals surface area contributed by atoms with E-state index in [4.69, 9.17) is 4.74 Å². The highest BCUT2D eigenvalue weighted by molar-refractivity contribution is 5.83. The van der Waals surface area contributed by atoms with Crippen molar-refractivity contribution in [3.8, 4) is 5.75 Å². The summed E-state index contributed by atoms with van der Waals surface area (Å²) in [5.41, 5.74) is 1.57. The number of aliphatic hydroxyl groups is 1. The van der Waals surface area contributed by atoms with Gasteiger partial charge >= 0.3 is 0 Å². The van der Waals surface area contributed by atoms with E-state index >= 15 is 0 Å². The molecule has 1 aromatic carbocycles. The predicted octanol–water partition coefficient (Wildman–Crippen LogP) is 3.19. The number of hydrogen-bond donors (Lipinski definition) is 1. The molecule has 5 atom stereocenters. The van der Waals surface area contributed by atoms with E-state index in [9.17, 15) is 10.3 Å². The molecule has 0 spiro atoms. The molecule has 0 radical (unpaired) electrons. The van der Waals surface area contributed by atoms with E-state index in [-0.39, 0.29) is 16.6 Å². The quantitative estimate of drug-likeness (QED) is 0.527. The number of fused-ring (bicyclic) bond motifs is 4. The maximum Gasteiger partial charge on any atom is 0.132 e. The number of piperidine rings is 3. The van der Waals surface area contributed by atoms with E-state index < -0.39 is 6.10 Å². The normalized spacial score (nSPS) is 32.5. The Morgan fingerprint density at radius 2 is 2.28 bits per heavy atom. The molecule has 25 heavy (non-hydrogen) atoms. The molecule has 3 fully saturated rings. The van der Waals surface area contributed by atoms with Gasteiger partial charge in [-0.1, -0.05) is 6.08 Å². The van der Waals surface area contributed by atoms with Crippen molar-refractivity contribution in [3.63, 3.8) is 0 Å². The van der Waals surface area contributed by atoms with Gasteiger partial charge in [0.1, 0.15) is 17.9 Å². The molecule has 5 nitrogen and oxygen atoms in total. The van der Waals surface area contributed by atoms with Crippen LogP contribution < -0.4 is 4.74 Å². The van der Waals surface area contributed by atoms with Gasteiger partial charge in [-0.25, -0.2) is 0 Å². The number of hydrogen-bond acceptors (Lipinski definition) is 4. The predicted molar refractivity (Wildman–Crippen MR) is 96.8 cm³/mol. The molecular formula is C20H24N2O3. The van der Waals surface area contributed by atoms with Crippen LogP contribution in [0.5, 0.6) is 5.75 Å². The first-order chi connectivity index (χ1) is 12.1. The maximum atomic E-state index is 13.4. The number of methoxy groups -OCH3 is 1. The summed E-state index contributed by atoms with van der Waals surface area (Å²) in [6, 6.07) is 7.12. The van der Waals surface area contributed by atoms with Crippen molar-refractivity contribution in [2.75, 3.05) is 20.2 Å². The molecule has 4 heterocycles. The van der Waals surface area contributed by atoms with Gasteiger partial charge in [-0.15, -0.1) is 6.58 Å². The van der Waals surface area contributed by atoms with Crippen molar-refractivity contribution in [1.29, 1.82) is 0 Å². The molecule has 5 heteroatoms. The summed E-state index contributed by atoms with van der Waals surface area (Å²) in [6.45, 7) is 5.01. The van der Waals surface area contributed by atoms with Gasteiger partial charge in [0.25, 0.3) is 0 Å². The minimum atomic E-state index is -0.802. The van der Waals surface area contributed by atoms with Crippen LogP contribution in [0.1, 0.15) is 24.5 Å². The third kappa shape index (κ3) is 2.63. The maximum absolute atomic E-state index is 13.4. The Hall–Kier alpha value is -1.95. The van der Waals surface area contributed by atoms with Crippen molar-refractivity contribution in [1.82, 2.24) is 4.98 Å². The molecule has 3 aliphatic heterocycles. The highest BCUT2D eigenvalue weighted by Crippen LogP contribution is 2.46. The van der Waals surface area contributed by atoms with Gasteiger partial charge in [0, 0.05) is 30.3 Å². The lowest BCUT2D eigenvalue weighted by Crippen LogP contribution is -2.64. The van der Waals surface area contributed by atoms with Crippen molar-refractivity contribution in [2.24, 2.45) is 11.8 Å². The number of quaternary nitrogens is 1. The van der Waals surface area contributed by atoms with E-state index in [1.54, 1.807) is 13.3 Å². The zero-order chi connectivity index (χ0) is 17.6. The first kappa shape index (κ1) is 16.5. The fourth-order valence-electron chi connectivity index (χ4n) is 4.68. The molecule has 3 aliphatic rings. The van der Waals surface area contributed by atoms with Crippen LogP contribution in [-0.4, -0.2) is 41.0 Å². The Kier molecular flexibility index (Phi) is 4.02. The molecule has 0 unspecified atom stereocenters. The average Bonchev–Trinajstić information content (AvgIpc) is 2.66. The summed E-state index contributed by atoms with van der Waals surface area (Å²) in [5, 5.41) is 25.4. The molecule has 132 valence electrons. The monoisotopic (exact) mass is 340 g/mol. The number of hydroxylamine groups is 3. The molecule has 1 aromatic heterocycles. The lowest BCUT2D eigenvalue weighted by Gasteiger charge is -2.61. The number of pyridine rings is 1. The summed E-state index contributed by atoms with van der Waals surface area (Å²) < 4.78 is 5.00. The third-order valence-corrected chi connectivity index (χ3v) is 6.12. The molecule has 2 aromatic rings. The first-order valence-corrected chi connectivity index (χ1v) is 8.87. The molecule has 0 aliphatic carbocycles. The third-order valence-electron chi connectivity index (χ3n) is 6.12. The number of aromatic nitrogens is 1. The zero-order valence-corrected chi connectivity index (χ0v) is 14.5. The fraction of sp³-hybridized carbons (Fsp3) is 0.450. The minimum Gasteiger partial charge on any atom is -0.632 e. The second kappa shape index (κ2) is 6.09. The largest absolute Gasteiger partial charge is 0.632 e. The second-order valence-electron chi connectivity index (χ2n) is 7.34. The van der Waals surface area contributed by atoms with Crippen LogP contribution in [0, 0.1) is 17.0 Å². The van der Waals surface area contributed by atoms with Crippen molar-refractivity contribution >= 4 is 10.9 Å². The summed E-state index contributed by atoms with van der Waals surface area (Å²) in [4.78, 5) is 4.37. The summed E-state index contributed by atoms with van der Waals surface area (Å²) >= 11 is 0. The van der Waals surface area contributed by atoms with E-state index in [0.29, 0.717) is 19.0 Å². The first-order valence-electron chi connectivity index (χ1n) is 8.87. The Bertz CT molecular complexity index is 809. The highest BCUT2D eigenvalue weighted by Gasteiger charge is 2.49. The van der Waals surface area contributed by atoms with Crippen molar-refractivity contribution in [3.05, 3.63) is 53.9 Å². The molecular weight excluding hydrogens is 316 g/mol. The Labute approximate surface area is 147 Å². The van der Waals surface area contributed by atoms with Gasteiger partial charge in [-0.3, -0.25) is 4.98 Å². The Balaban J connectivity index is 1.73. The Morgan fingerprint density at radius 1 is 1.44 bits per heavy atom. The topological polar surface area (TPSA) is 65.4 Å². The SMILES string of the molecule is C=C[C@@H]1C[N@+]2([O-])CC[C@H]1C[C@H]2[C@@H](O)c1ccnc2ccc(OC)cc12. The van der Waals surface area contributed by atoms with Crippen molar-refractivity contribution in [2.45, 2.75) is 25.0 Å². The second-order valence-corrected chi connectivity index (χ2v) is 7.34. The fourth-order valence-corrected chi connectivity index (χ4v) is 4.68. The number of rotatable bonds is 4. The smallest absolute Gasteiger partial charge is 0.132 e. The summed E-state index contributed by atoms with van der Waals surface area (Å²) in [7, 11) is 1.62. The Morgan fingerprint density at radius 3 is 3.00 bits per heavy atom. The van der Waals surface area contributed by atoms with Gasteiger partial charge in [0.2, 0.25) is 0 Å². The average molecular weight is 340 g/mol. The number of aliphatic hydroxyl groups excluding tert-OH is 1. The van der Waals surface area contributed by atoms with Gasteiger partial charge in [0.05, 0.1) is 25.7 Å². The van der Waals surface area contributed by atoms with Crippen LogP contribution in [0.25, 0.3) is 10.9 Å². The molecule has 0 amide bonds. The number of ether oxygens (including phenoxy) is 1. The molecule has 1 N–H and O–H groups in total. The van der Waals surface area contributed by atoms with Gasteiger partial charge in [-0.2, -0.15) is 0 Å². The highest BCUT2D eigenvalue weighted by atomic mass is 16.6. The lowest BCUT2D eigenvalue weighted by molar-refractivity contribution is -0.929. The zero-order valence-electron chi connectivity index (χ0n) is 14.5. The van der Waals surface area contributed by atoms with Crippen LogP contribution in [0.3, 0.4) is 0 Å². The van der Waals surface area contributed by atoms with Crippen LogP contribution >= 0.6 is 0 Å². The molecule has 0 saturated carbocycles. The van der Waals surface area contributed by atoms with E-state index in [1.807, 2.05) is 30.3 Å². The van der Waals surface area contributed by atoms with Crippen LogP contribution in [0.15, 0.2) is 43.1 Å². The summed E-state index contributed by atoms with van der Waals surface area (Å²) in [6.07, 6.45) is 4.49. The van der Waals surface area contributed by atoms with Gasteiger partial charge in [-0.05, 0) is 35.7 Å². The van der Waals surface area contributed by atoms with E-state index in [1.165, 1.54) is 0 Å². The van der Waals surface area contributed by atoms with Crippen LogP contribution in [0.4, 0.5) is 0 Å². The lowest BCUT2D eigenvalue weighted by atomic mass is 9.73. The van der Waals surface area contributed by atoms with Gasteiger partial charge in [0.15, 0.2) is 0 Å². The molecule has 3 saturated heterocycles. The number of nitrogens with zero attached hydrogens (tertiary/aromatic N) is 2. The summed E-state index contributed by atoms with van der Waals surface area (Å²) in [5.74, 6) is 1.44. The standard InChI is InChI=1S/C20H24N2O3/c1-3-13-12-22(24)9-7-14(13)10-19(22)20(23)16-6-8-21-18-5-4-15(25-2)11-17(16)18/h3-6,8,11,13-14,19-20,23H,1,7,9-10,12H2,2H3/t13-,14+,19+,20+,22-/m1/s1.